The van der Waals surface area contributed by atoms with Gasteiger partial charge in [0.2, 0.25) is 5.88 Å². The summed E-state index contributed by atoms with van der Waals surface area (Å²) < 4.78 is 11.1. The molecule has 1 aliphatic heterocycles. The number of carbonyl (C=O) groups is 1. The highest BCUT2D eigenvalue weighted by Gasteiger charge is 2.28. The Hall–Kier alpha value is -3.15. The van der Waals surface area contributed by atoms with Crippen LogP contribution in [0.25, 0.3) is 0 Å². The van der Waals surface area contributed by atoms with Crippen LogP contribution in [0.5, 0.6) is 5.88 Å². The molecule has 0 saturated carbocycles. The maximum atomic E-state index is 12.8. The number of aromatic nitrogens is 2. The van der Waals surface area contributed by atoms with E-state index in [0.717, 1.165) is 37.5 Å². The number of piperidine rings is 1. The molecule has 1 aromatic carbocycles. The second kappa shape index (κ2) is 8.25. The molecule has 0 spiro atoms. The number of carbonyl (C=O) groups excluding carboxylic acids is 1. The highest BCUT2D eigenvalue weighted by molar-refractivity contribution is 5.94. The predicted octanol–water partition coefficient (Wildman–Crippen LogP) is 3.69. The van der Waals surface area contributed by atoms with Crippen molar-refractivity contribution >= 4 is 5.91 Å². The largest absolute Gasteiger partial charge is 0.481 e. The van der Waals surface area contributed by atoms with Crippen LogP contribution in [0.2, 0.25) is 0 Å². The molecule has 1 aliphatic rings. The topological polar surface area (TPSA) is 68.5 Å². The van der Waals surface area contributed by atoms with Gasteiger partial charge in [0.15, 0.2) is 5.89 Å². The Morgan fingerprint density at radius 1 is 1.18 bits per heavy atom. The van der Waals surface area contributed by atoms with Gasteiger partial charge in [-0.3, -0.25) is 4.79 Å². The van der Waals surface area contributed by atoms with Crippen molar-refractivity contribution in [2.75, 3.05) is 20.2 Å². The Kier molecular flexibility index (Phi) is 5.37. The van der Waals surface area contributed by atoms with Gasteiger partial charge in [0.05, 0.1) is 24.8 Å². The van der Waals surface area contributed by atoms with Crippen LogP contribution in [0.4, 0.5) is 0 Å². The second-order valence-corrected chi connectivity index (χ2v) is 7.01. The lowest BCUT2D eigenvalue weighted by Gasteiger charge is -2.31. The molecule has 1 unspecified atom stereocenters. The van der Waals surface area contributed by atoms with Gasteiger partial charge in [-0.25, -0.2) is 9.97 Å². The van der Waals surface area contributed by atoms with Crippen LogP contribution in [-0.4, -0.2) is 41.0 Å². The highest BCUT2D eigenvalue weighted by Crippen LogP contribution is 2.28. The molecule has 144 valence electrons. The molecular formula is C22H23N3O3. The van der Waals surface area contributed by atoms with Gasteiger partial charge in [-0.05, 0) is 24.5 Å². The zero-order chi connectivity index (χ0) is 19.3. The van der Waals surface area contributed by atoms with E-state index in [1.54, 1.807) is 31.6 Å². The van der Waals surface area contributed by atoms with E-state index in [1.807, 2.05) is 23.1 Å². The number of oxazole rings is 1. The minimum atomic E-state index is -0.0177. The van der Waals surface area contributed by atoms with Crippen molar-refractivity contribution in [1.29, 1.82) is 0 Å². The number of benzene rings is 1. The quantitative estimate of drug-likeness (QED) is 0.678. The van der Waals surface area contributed by atoms with Gasteiger partial charge < -0.3 is 14.1 Å². The van der Waals surface area contributed by atoms with Crippen LogP contribution >= 0.6 is 0 Å². The van der Waals surface area contributed by atoms with E-state index < -0.39 is 0 Å². The fourth-order valence-corrected chi connectivity index (χ4v) is 3.56. The lowest BCUT2D eigenvalue weighted by Crippen LogP contribution is -2.39. The zero-order valence-electron chi connectivity index (χ0n) is 15.9. The Balaban J connectivity index is 1.42. The summed E-state index contributed by atoms with van der Waals surface area (Å²) >= 11 is 0. The predicted molar refractivity (Wildman–Crippen MR) is 104 cm³/mol. The van der Waals surface area contributed by atoms with Crippen molar-refractivity contribution in [3.8, 4) is 5.88 Å². The first kappa shape index (κ1) is 18.2. The minimum Gasteiger partial charge on any atom is -0.481 e. The van der Waals surface area contributed by atoms with E-state index in [0.29, 0.717) is 18.0 Å². The minimum absolute atomic E-state index is 0.0177. The van der Waals surface area contributed by atoms with Crippen molar-refractivity contribution in [2.24, 2.45) is 0 Å². The Morgan fingerprint density at radius 2 is 2.04 bits per heavy atom. The summed E-state index contributed by atoms with van der Waals surface area (Å²) in [5.41, 5.74) is 1.76. The molecule has 6 nitrogen and oxygen atoms in total. The molecule has 3 heterocycles. The SMILES string of the molecule is COc1ccc(C(=O)N2CCCC(c3ncc(Cc4ccccc4)o3)C2)cn1. The molecular weight excluding hydrogens is 354 g/mol. The average molecular weight is 377 g/mol. The van der Waals surface area contributed by atoms with Gasteiger partial charge >= 0.3 is 0 Å². The fraction of sp³-hybridized carbons (Fsp3) is 0.318. The van der Waals surface area contributed by atoms with Gasteiger partial charge in [0, 0.05) is 31.8 Å². The molecule has 3 aromatic rings. The van der Waals surface area contributed by atoms with E-state index in [1.165, 1.54) is 5.56 Å². The van der Waals surface area contributed by atoms with Crippen LogP contribution in [0.15, 0.2) is 59.3 Å². The van der Waals surface area contributed by atoms with Crippen LogP contribution in [-0.2, 0) is 6.42 Å². The highest BCUT2D eigenvalue weighted by atomic mass is 16.5. The molecule has 0 radical (unpaired) electrons. The number of likely N-dealkylation sites (tertiary alicyclic amines) is 1. The molecule has 0 bridgehead atoms. The van der Waals surface area contributed by atoms with Gasteiger partial charge in [0.25, 0.3) is 5.91 Å². The van der Waals surface area contributed by atoms with E-state index >= 15 is 0 Å². The lowest BCUT2D eigenvalue weighted by atomic mass is 9.97. The molecule has 6 heteroatoms. The van der Waals surface area contributed by atoms with Crippen molar-refractivity contribution in [3.63, 3.8) is 0 Å². The summed E-state index contributed by atoms with van der Waals surface area (Å²) in [7, 11) is 1.56. The maximum Gasteiger partial charge on any atom is 0.255 e. The number of amides is 1. The third-order valence-corrected chi connectivity index (χ3v) is 5.04. The second-order valence-electron chi connectivity index (χ2n) is 7.01. The molecule has 1 fully saturated rings. The van der Waals surface area contributed by atoms with Gasteiger partial charge in [-0.15, -0.1) is 0 Å². The Labute approximate surface area is 164 Å². The van der Waals surface area contributed by atoms with E-state index in [-0.39, 0.29) is 11.8 Å². The molecule has 28 heavy (non-hydrogen) atoms. The number of methoxy groups -OCH3 is 1. The summed E-state index contributed by atoms with van der Waals surface area (Å²) in [4.78, 5) is 23.3. The van der Waals surface area contributed by atoms with Crippen molar-refractivity contribution in [3.05, 3.63) is 77.6 Å². The first-order valence-corrected chi connectivity index (χ1v) is 9.51. The number of hydrogen-bond donors (Lipinski definition) is 0. The summed E-state index contributed by atoms with van der Waals surface area (Å²) in [5.74, 6) is 2.17. The summed E-state index contributed by atoms with van der Waals surface area (Å²) in [6.45, 7) is 1.34. The van der Waals surface area contributed by atoms with E-state index in [4.69, 9.17) is 9.15 Å². The first-order valence-electron chi connectivity index (χ1n) is 9.51. The fourth-order valence-electron chi connectivity index (χ4n) is 3.56. The molecule has 1 saturated heterocycles. The zero-order valence-corrected chi connectivity index (χ0v) is 15.9. The van der Waals surface area contributed by atoms with Gasteiger partial charge in [0.1, 0.15) is 5.76 Å². The Morgan fingerprint density at radius 3 is 2.79 bits per heavy atom. The lowest BCUT2D eigenvalue weighted by molar-refractivity contribution is 0.0697. The van der Waals surface area contributed by atoms with E-state index in [2.05, 4.69) is 22.1 Å². The van der Waals surface area contributed by atoms with E-state index in [9.17, 15) is 4.79 Å². The van der Waals surface area contributed by atoms with Crippen molar-refractivity contribution in [2.45, 2.75) is 25.2 Å². The number of ether oxygens (including phenoxy) is 1. The molecule has 0 aliphatic carbocycles. The maximum absolute atomic E-state index is 12.8. The molecule has 0 N–H and O–H groups in total. The van der Waals surface area contributed by atoms with Crippen molar-refractivity contribution in [1.82, 2.24) is 14.9 Å². The van der Waals surface area contributed by atoms with Crippen LogP contribution in [0.3, 0.4) is 0 Å². The van der Waals surface area contributed by atoms with Crippen LogP contribution in [0, 0.1) is 0 Å². The summed E-state index contributed by atoms with van der Waals surface area (Å²) in [6.07, 6.45) is 5.98. The molecule has 4 rings (SSSR count). The number of rotatable bonds is 5. The molecule has 1 amide bonds. The normalized spacial score (nSPS) is 16.8. The smallest absolute Gasteiger partial charge is 0.255 e. The monoisotopic (exact) mass is 377 g/mol. The first-order chi connectivity index (χ1) is 13.7. The summed E-state index contributed by atoms with van der Waals surface area (Å²) in [6, 6.07) is 13.6. The number of nitrogens with zero attached hydrogens (tertiary/aromatic N) is 3. The van der Waals surface area contributed by atoms with Gasteiger partial charge in [-0.2, -0.15) is 0 Å². The molecule has 2 aromatic heterocycles. The van der Waals surface area contributed by atoms with Crippen molar-refractivity contribution < 1.29 is 13.9 Å². The average Bonchev–Trinajstić information content (AvgIpc) is 3.22. The Bertz CT molecular complexity index is 922. The number of pyridine rings is 1. The third kappa shape index (κ3) is 4.06. The third-order valence-electron chi connectivity index (χ3n) is 5.04. The molecule has 1 atom stereocenters. The standard InChI is InChI=1S/C22H23N3O3/c1-27-20-10-9-17(13-23-20)22(26)25-11-5-8-18(15-25)21-24-14-19(28-21)12-16-6-3-2-4-7-16/h2-4,6-7,9-10,13-14,18H,5,8,11-12,15H2,1H3. The summed E-state index contributed by atoms with van der Waals surface area (Å²) in [5, 5.41) is 0. The van der Waals surface area contributed by atoms with Gasteiger partial charge in [-0.1, -0.05) is 30.3 Å². The van der Waals surface area contributed by atoms with Crippen LogP contribution < -0.4 is 4.74 Å². The number of hydrogen-bond acceptors (Lipinski definition) is 5. The van der Waals surface area contributed by atoms with Crippen LogP contribution in [0.1, 0.15) is 46.3 Å².